The highest BCUT2D eigenvalue weighted by Crippen LogP contribution is 2.11. The van der Waals surface area contributed by atoms with Crippen LogP contribution in [0, 0.1) is 0 Å². The third kappa shape index (κ3) is 4.56. The van der Waals surface area contributed by atoms with E-state index >= 15 is 0 Å². The van der Waals surface area contributed by atoms with Crippen LogP contribution in [-0.4, -0.2) is 41.0 Å². The van der Waals surface area contributed by atoms with E-state index in [1.54, 1.807) is 41.5 Å². The Labute approximate surface area is 155 Å². The molecule has 7 heteroatoms. The van der Waals surface area contributed by atoms with Gasteiger partial charge in [-0.2, -0.15) is 11.3 Å². The lowest BCUT2D eigenvalue weighted by molar-refractivity contribution is -0.132. The number of benzene rings is 1. The van der Waals surface area contributed by atoms with Crippen molar-refractivity contribution in [2.75, 3.05) is 20.3 Å². The zero-order chi connectivity index (χ0) is 18.4. The maximum absolute atomic E-state index is 12.7. The minimum absolute atomic E-state index is 0.0176. The van der Waals surface area contributed by atoms with Crippen molar-refractivity contribution < 1.29 is 9.53 Å². The molecule has 1 aromatic carbocycles. The largest absolute Gasteiger partial charge is 0.383 e. The molecule has 0 aliphatic rings. The summed E-state index contributed by atoms with van der Waals surface area (Å²) in [5.74, 6) is 0.498. The number of fused-ring (bicyclic) bond motifs is 1. The summed E-state index contributed by atoms with van der Waals surface area (Å²) < 4.78 is 5.12. The summed E-state index contributed by atoms with van der Waals surface area (Å²) in [7, 11) is 1.60. The number of hydrogen-bond acceptors (Lipinski definition) is 5. The van der Waals surface area contributed by atoms with Gasteiger partial charge in [0.1, 0.15) is 5.82 Å². The van der Waals surface area contributed by atoms with Crippen LogP contribution in [0.25, 0.3) is 10.9 Å². The SMILES string of the molecule is COCCN(Cc1nc2ccccc2c(=O)[nH]1)C(=O)CCc1ccsc1. The molecule has 0 unspecified atom stereocenters. The number of rotatable bonds is 8. The lowest BCUT2D eigenvalue weighted by Gasteiger charge is -2.22. The summed E-state index contributed by atoms with van der Waals surface area (Å²) in [5.41, 5.74) is 1.60. The number of ether oxygens (including phenoxy) is 1. The molecule has 0 atom stereocenters. The minimum atomic E-state index is -0.192. The molecule has 1 amide bonds. The highest BCUT2D eigenvalue weighted by atomic mass is 32.1. The fraction of sp³-hybridized carbons (Fsp3) is 0.316. The second-order valence-electron chi connectivity index (χ2n) is 5.97. The van der Waals surface area contributed by atoms with Gasteiger partial charge >= 0.3 is 0 Å². The van der Waals surface area contributed by atoms with Crippen LogP contribution in [0.2, 0.25) is 0 Å². The number of H-pyrrole nitrogens is 1. The van der Waals surface area contributed by atoms with Gasteiger partial charge in [-0.25, -0.2) is 4.98 Å². The van der Waals surface area contributed by atoms with Crippen LogP contribution >= 0.6 is 11.3 Å². The molecule has 0 aliphatic carbocycles. The quantitative estimate of drug-likeness (QED) is 0.660. The number of aromatic amines is 1. The number of hydrogen-bond donors (Lipinski definition) is 1. The molecule has 2 aromatic heterocycles. The summed E-state index contributed by atoms with van der Waals surface area (Å²) >= 11 is 1.62. The van der Waals surface area contributed by atoms with Crippen LogP contribution in [0.15, 0.2) is 45.9 Å². The van der Waals surface area contributed by atoms with E-state index in [9.17, 15) is 9.59 Å². The lowest BCUT2D eigenvalue weighted by Crippen LogP contribution is -2.34. The van der Waals surface area contributed by atoms with Gasteiger partial charge in [0.15, 0.2) is 0 Å². The predicted molar refractivity (Wildman–Crippen MR) is 102 cm³/mol. The van der Waals surface area contributed by atoms with Crippen molar-refractivity contribution in [1.29, 1.82) is 0 Å². The third-order valence-electron chi connectivity index (χ3n) is 4.13. The first kappa shape index (κ1) is 18.3. The summed E-state index contributed by atoms with van der Waals surface area (Å²) in [4.78, 5) is 33.8. The molecule has 0 saturated heterocycles. The highest BCUT2D eigenvalue weighted by Gasteiger charge is 2.16. The molecule has 0 saturated carbocycles. The number of thiophene rings is 1. The van der Waals surface area contributed by atoms with Crippen molar-refractivity contribution in [1.82, 2.24) is 14.9 Å². The number of methoxy groups -OCH3 is 1. The highest BCUT2D eigenvalue weighted by molar-refractivity contribution is 7.07. The van der Waals surface area contributed by atoms with E-state index in [2.05, 4.69) is 15.3 Å². The predicted octanol–water partition coefficient (Wildman–Crippen LogP) is 2.59. The van der Waals surface area contributed by atoms with Crippen LogP contribution in [-0.2, 0) is 22.5 Å². The van der Waals surface area contributed by atoms with Crippen molar-refractivity contribution >= 4 is 28.1 Å². The molecule has 136 valence electrons. The maximum atomic E-state index is 12.7. The first-order chi connectivity index (χ1) is 12.7. The second kappa shape index (κ2) is 8.73. The Balaban J connectivity index is 1.75. The minimum Gasteiger partial charge on any atom is -0.383 e. The molecule has 26 heavy (non-hydrogen) atoms. The van der Waals surface area contributed by atoms with Crippen LogP contribution in [0.3, 0.4) is 0 Å². The van der Waals surface area contributed by atoms with Gasteiger partial charge in [0, 0.05) is 20.1 Å². The summed E-state index contributed by atoms with van der Waals surface area (Å²) in [6.45, 7) is 1.14. The molecule has 0 spiro atoms. The molecule has 0 fully saturated rings. The van der Waals surface area contributed by atoms with E-state index < -0.39 is 0 Å². The van der Waals surface area contributed by atoms with Gasteiger partial charge in [-0.3, -0.25) is 9.59 Å². The van der Waals surface area contributed by atoms with Crippen LogP contribution in [0.4, 0.5) is 0 Å². The van der Waals surface area contributed by atoms with Gasteiger partial charge in [-0.1, -0.05) is 12.1 Å². The normalized spacial score (nSPS) is 11.0. The fourth-order valence-corrected chi connectivity index (χ4v) is 3.43. The summed E-state index contributed by atoms with van der Waals surface area (Å²) in [6, 6.07) is 9.20. The molecule has 0 radical (unpaired) electrons. The molecule has 3 aromatic rings. The van der Waals surface area contributed by atoms with E-state index in [0.717, 1.165) is 5.56 Å². The molecule has 2 heterocycles. The molecule has 3 rings (SSSR count). The number of aryl methyl sites for hydroxylation is 1. The van der Waals surface area contributed by atoms with Crippen molar-refractivity contribution in [3.05, 3.63) is 62.8 Å². The first-order valence-corrected chi connectivity index (χ1v) is 9.37. The van der Waals surface area contributed by atoms with Gasteiger partial charge in [0.2, 0.25) is 5.91 Å². The molecular weight excluding hydrogens is 350 g/mol. The smallest absolute Gasteiger partial charge is 0.258 e. The van der Waals surface area contributed by atoms with Gasteiger partial charge in [0.05, 0.1) is 24.1 Å². The standard InChI is InChI=1S/C19H21N3O3S/c1-25-10-9-22(18(23)7-6-14-8-11-26-13-14)12-17-20-16-5-3-2-4-15(16)19(24)21-17/h2-5,8,11,13H,6-7,9-10,12H2,1H3,(H,20,21,24). The summed E-state index contributed by atoms with van der Waals surface area (Å²) in [5, 5.41) is 4.60. The van der Waals surface area contributed by atoms with Crippen molar-refractivity contribution in [2.24, 2.45) is 0 Å². The first-order valence-electron chi connectivity index (χ1n) is 8.43. The number of nitrogens with one attached hydrogen (secondary N) is 1. The number of nitrogens with zero attached hydrogens (tertiary/aromatic N) is 2. The Hall–Kier alpha value is -2.51. The molecule has 0 bridgehead atoms. The Morgan fingerprint density at radius 2 is 2.15 bits per heavy atom. The fourth-order valence-electron chi connectivity index (χ4n) is 2.73. The molecule has 1 N–H and O–H groups in total. The molecule has 0 aliphatic heterocycles. The topological polar surface area (TPSA) is 75.3 Å². The monoisotopic (exact) mass is 371 g/mol. The van der Waals surface area contributed by atoms with E-state index in [4.69, 9.17) is 4.74 Å². The van der Waals surface area contributed by atoms with Crippen LogP contribution in [0.5, 0.6) is 0 Å². The van der Waals surface area contributed by atoms with Gasteiger partial charge < -0.3 is 14.6 Å². The number of carbonyl (C=O) groups excluding carboxylic acids is 1. The Morgan fingerprint density at radius 3 is 2.92 bits per heavy atom. The number of aromatic nitrogens is 2. The zero-order valence-electron chi connectivity index (χ0n) is 14.6. The number of carbonyl (C=O) groups is 1. The zero-order valence-corrected chi connectivity index (χ0v) is 15.4. The van der Waals surface area contributed by atoms with Crippen molar-refractivity contribution in [3.8, 4) is 0 Å². The number of para-hydroxylation sites is 1. The molecule has 6 nitrogen and oxygen atoms in total. The van der Waals surface area contributed by atoms with Crippen molar-refractivity contribution in [3.63, 3.8) is 0 Å². The van der Waals surface area contributed by atoms with Gasteiger partial charge in [0.25, 0.3) is 5.56 Å². The van der Waals surface area contributed by atoms with Crippen LogP contribution < -0.4 is 5.56 Å². The Bertz CT molecular complexity index is 921. The Morgan fingerprint density at radius 1 is 1.31 bits per heavy atom. The molecular formula is C19H21N3O3S. The number of amides is 1. The van der Waals surface area contributed by atoms with E-state index in [1.807, 2.05) is 17.5 Å². The average Bonchev–Trinajstić information content (AvgIpc) is 3.17. The van der Waals surface area contributed by atoms with E-state index in [1.165, 1.54) is 0 Å². The van der Waals surface area contributed by atoms with Crippen molar-refractivity contribution in [2.45, 2.75) is 19.4 Å². The van der Waals surface area contributed by atoms with Gasteiger partial charge in [-0.15, -0.1) is 0 Å². The van der Waals surface area contributed by atoms with E-state index in [0.29, 0.717) is 42.7 Å². The van der Waals surface area contributed by atoms with E-state index in [-0.39, 0.29) is 18.0 Å². The van der Waals surface area contributed by atoms with Gasteiger partial charge in [-0.05, 0) is 40.9 Å². The lowest BCUT2D eigenvalue weighted by atomic mass is 10.2. The second-order valence-corrected chi connectivity index (χ2v) is 6.75. The maximum Gasteiger partial charge on any atom is 0.258 e. The van der Waals surface area contributed by atoms with Crippen LogP contribution in [0.1, 0.15) is 17.8 Å². The third-order valence-corrected chi connectivity index (χ3v) is 4.86. The Kier molecular flexibility index (Phi) is 6.14. The summed E-state index contributed by atoms with van der Waals surface area (Å²) in [6.07, 6.45) is 1.12. The average molecular weight is 371 g/mol.